The van der Waals surface area contributed by atoms with Crippen LogP contribution in [0, 0.1) is 12.7 Å². The first-order valence-electron chi connectivity index (χ1n) is 8.30. The number of aryl methyl sites for hydroxylation is 1. The summed E-state index contributed by atoms with van der Waals surface area (Å²) in [4.78, 5) is 18.6. The van der Waals surface area contributed by atoms with Crippen LogP contribution in [-0.4, -0.2) is 27.2 Å². The molecule has 0 fully saturated rings. The van der Waals surface area contributed by atoms with Crippen molar-refractivity contribution in [2.75, 3.05) is 11.4 Å². The molecule has 1 aliphatic heterocycles. The zero-order valence-corrected chi connectivity index (χ0v) is 14.2. The van der Waals surface area contributed by atoms with Gasteiger partial charge < -0.3 is 9.64 Å². The lowest BCUT2D eigenvalue weighted by molar-refractivity contribution is 0.0962. The minimum absolute atomic E-state index is 0.157. The lowest BCUT2D eigenvalue weighted by atomic mass is 10.2. The third kappa shape index (κ3) is 3.15. The van der Waals surface area contributed by atoms with Crippen LogP contribution < -0.4 is 9.64 Å². The van der Waals surface area contributed by atoms with E-state index in [0.717, 1.165) is 5.56 Å². The van der Waals surface area contributed by atoms with E-state index in [9.17, 15) is 9.18 Å². The number of aromatic nitrogens is 3. The van der Waals surface area contributed by atoms with Gasteiger partial charge in [-0.3, -0.25) is 9.48 Å². The van der Waals surface area contributed by atoms with Gasteiger partial charge in [-0.2, -0.15) is 5.10 Å². The van der Waals surface area contributed by atoms with E-state index in [-0.39, 0.29) is 18.3 Å². The predicted molar refractivity (Wildman–Crippen MR) is 93.6 cm³/mol. The van der Waals surface area contributed by atoms with E-state index in [1.54, 1.807) is 40.0 Å². The molecule has 6 nitrogen and oxygen atoms in total. The minimum atomic E-state index is -0.326. The van der Waals surface area contributed by atoms with Crippen molar-refractivity contribution in [2.45, 2.75) is 20.1 Å². The molecule has 3 aromatic rings. The van der Waals surface area contributed by atoms with Crippen LogP contribution >= 0.6 is 0 Å². The second-order valence-electron chi connectivity index (χ2n) is 6.14. The Bertz CT molecular complexity index is 935. The van der Waals surface area contributed by atoms with Gasteiger partial charge in [-0.05, 0) is 42.8 Å². The van der Waals surface area contributed by atoms with Crippen molar-refractivity contribution in [2.24, 2.45) is 0 Å². The molecule has 0 spiro atoms. The highest BCUT2D eigenvalue weighted by Gasteiger charge is 2.27. The van der Waals surface area contributed by atoms with Crippen molar-refractivity contribution >= 4 is 11.6 Å². The SMILES string of the molecule is Cc1ccc(OCc2cc3n(n2)CCN(c2ccc(F)cc2)C3=O)nc1. The summed E-state index contributed by atoms with van der Waals surface area (Å²) in [5.74, 6) is 0.0308. The number of hydrogen-bond acceptors (Lipinski definition) is 4. The topological polar surface area (TPSA) is 60.2 Å². The molecule has 4 rings (SSSR count). The van der Waals surface area contributed by atoms with Crippen molar-refractivity contribution in [1.29, 1.82) is 0 Å². The zero-order valence-electron chi connectivity index (χ0n) is 14.2. The monoisotopic (exact) mass is 352 g/mol. The molecule has 0 radical (unpaired) electrons. The number of anilines is 1. The fourth-order valence-corrected chi connectivity index (χ4v) is 2.87. The van der Waals surface area contributed by atoms with Crippen LogP contribution in [0.2, 0.25) is 0 Å². The van der Waals surface area contributed by atoms with Crippen molar-refractivity contribution in [3.05, 3.63) is 71.4 Å². The summed E-state index contributed by atoms with van der Waals surface area (Å²) in [5.41, 5.74) is 2.89. The number of hydrogen-bond donors (Lipinski definition) is 0. The summed E-state index contributed by atoms with van der Waals surface area (Å²) in [7, 11) is 0. The number of ether oxygens (including phenoxy) is 1. The predicted octanol–water partition coefficient (Wildman–Crippen LogP) is 2.97. The summed E-state index contributed by atoms with van der Waals surface area (Å²) in [6.45, 7) is 3.25. The molecule has 0 saturated carbocycles. The number of pyridine rings is 1. The largest absolute Gasteiger partial charge is 0.471 e. The Balaban J connectivity index is 1.49. The first-order chi connectivity index (χ1) is 12.6. The first-order valence-corrected chi connectivity index (χ1v) is 8.30. The third-order valence-electron chi connectivity index (χ3n) is 4.22. The van der Waals surface area contributed by atoms with E-state index in [1.165, 1.54) is 12.1 Å². The molecule has 0 aliphatic carbocycles. The molecule has 3 heterocycles. The number of carbonyl (C=O) groups excluding carboxylic acids is 1. The Hall–Kier alpha value is -3.22. The van der Waals surface area contributed by atoms with Crippen LogP contribution in [0.5, 0.6) is 5.88 Å². The highest BCUT2D eigenvalue weighted by atomic mass is 19.1. The summed E-state index contributed by atoms with van der Waals surface area (Å²) in [6.07, 6.45) is 1.73. The Morgan fingerprint density at radius 1 is 1.15 bits per heavy atom. The summed E-state index contributed by atoms with van der Waals surface area (Å²) >= 11 is 0. The number of amides is 1. The van der Waals surface area contributed by atoms with Gasteiger partial charge in [0.1, 0.15) is 23.8 Å². The Morgan fingerprint density at radius 2 is 1.96 bits per heavy atom. The highest BCUT2D eigenvalue weighted by molar-refractivity contribution is 6.05. The number of benzene rings is 1. The van der Waals surface area contributed by atoms with E-state index < -0.39 is 0 Å². The molecule has 132 valence electrons. The summed E-state index contributed by atoms with van der Waals surface area (Å²) < 4.78 is 20.4. The number of nitrogens with zero attached hydrogens (tertiary/aromatic N) is 4. The van der Waals surface area contributed by atoms with E-state index >= 15 is 0 Å². The number of halogens is 1. The van der Waals surface area contributed by atoms with Gasteiger partial charge in [0.2, 0.25) is 5.88 Å². The quantitative estimate of drug-likeness (QED) is 0.724. The van der Waals surface area contributed by atoms with Gasteiger partial charge in [-0.25, -0.2) is 9.37 Å². The van der Waals surface area contributed by atoms with Gasteiger partial charge >= 0.3 is 0 Å². The Labute approximate surface area is 149 Å². The van der Waals surface area contributed by atoms with Crippen molar-refractivity contribution in [3.63, 3.8) is 0 Å². The maximum Gasteiger partial charge on any atom is 0.276 e. The molecule has 0 bridgehead atoms. The Morgan fingerprint density at radius 3 is 2.69 bits per heavy atom. The van der Waals surface area contributed by atoms with E-state index in [0.29, 0.717) is 36.0 Å². The van der Waals surface area contributed by atoms with Gasteiger partial charge in [-0.1, -0.05) is 6.07 Å². The molecule has 1 aliphatic rings. The third-order valence-corrected chi connectivity index (χ3v) is 4.22. The normalized spacial score (nSPS) is 13.6. The maximum absolute atomic E-state index is 13.1. The fraction of sp³-hybridized carbons (Fsp3) is 0.211. The molecule has 26 heavy (non-hydrogen) atoms. The first kappa shape index (κ1) is 16.3. The molecule has 0 saturated heterocycles. The average Bonchev–Trinajstić information content (AvgIpc) is 3.07. The number of fused-ring (bicyclic) bond motifs is 1. The molecule has 1 aromatic carbocycles. The van der Waals surface area contributed by atoms with Crippen molar-refractivity contribution < 1.29 is 13.9 Å². The summed E-state index contributed by atoms with van der Waals surface area (Å²) in [5, 5.41) is 4.43. The second-order valence-corrected chi connectivity index (χ2v) is 6.14. The Kier molecular flexibility index (Phi) is 4.12. The second kappa shape index (κ2) is 6.59. The van der Waals surface area contributed by atoms with E-state index in [1.807, 2.05) is 13.0 Å². The minimum Gasteiger partial charge on any atom is -0.471 e. The van der Waals surface area contributed by atoms with Gasteiger partial charge in [0.25, 0.3) is 5.91 Å². The van der Waals surface area contributed by atoms with Crippen LogP contribution in [0.3, 0.4) is 0 Å². The smallest absolute Gasteiger partial charge is 0.276 e. The van der Waals surface area contributed by atoms with Crippen LogP contribution in [0.15, 0.2) is 48.7 Å². The zero-order chi connectivity index (χ0) is 18.1. The molecule has 0 atom stereocenters. The van der Waals surface area contributed by atoms with Crippen LogP contribution in [-0.2, 0) is 13.2 Å². The van der Waals surface area contributed by atoms with Gasteiger partial charge in [0.15, 0.2) is 0 Å². The molecular formula is C19H17FN4O2. The van der Waals surface area contributed by atoms with Gasteiger partial charge in [0, 0.05) is 24.5 Å². The molecular weight excluding hydrogens is 335 g/mol. The lowest BCUT2D eigenvalue weighted by Crippen LogP contribution is -2.40. The van der Waals surface area contributed by atoms with Crippen LogP contribution in [0.25, 0.3) is 0 Å². The van der Waals surface area contributed by atoms with E-state index in [4.69, 9.17) is 4.74 Å². The van der Waals surface area contributed by atoms with Crippen LogP contribution in [0.1, 0.15) is 21.7 Å². The fourth-order valence-electron chi connectivity index (χ4n) is 2.87. The van der Waals surface area contributed by atoms with Gasteiger partial charge in [-0.15, -0.1) is 0 Å². The van der Waals surface area contributed by atoms with E-state index in [2.05, 4.69) is 10.1 Å². The number of rotatable bonds is 4. The maximum atomic E-state index is 13.1. The molecule has 2 aromatic heterocycles. The molecule has 0 unspecified atom stereocenters. The summed E-state index contributed by atoms with van der Waals surface area (Å²) in [6, 6.07) is 11.4. The van der Waals surface area contributed by atoms with Crippen LogP contribution in [0.4, 0.5) is 10.1 Å². The molecule has 7 heteroatoms. The number of carbonyl (C=O) groups is 1. The molecule has 1 amide bonds. The van der Waals surface area contributed by atoms with Gasteiger partial charge in [0.05, 0.1) is 6.54 Å². The van der Waals surface area contributed by atoms with Crippen molar-refractivity contribution in [3.8, 4) is 5.88 Å². The standard InChI is InChI=1S/C19H17FN4O2/c1-13-2-7-18(21-11-13)26-12-15-10-17-19(25)23(8-9-24(17)22-15)16-5-3-14(20)4-6-16/h2-7,10-11H,8-9,12H2,1H3. The molecule has 0 N–H and O–H groups in total. The average molecular weight is 352 g/mol. The highest BCUT2D eigenvalue weighted by Crippen LogP contribution is 2.22. The van der Waals surface area contributed by atoms with Crippen molar-refractivity contribution in [1.82, 2.24) is 14.8 Å². The lowest BCUT2D eigenvalue weighted by Gasteiger charge is -2.27.